The molecule has 0 aromatic carbocycles. The molecule has 1 N–H and O–H groups in total. The molecule has 1 rings (SSSR count). The van der Waals surface area contributed by atoms with E-state index in [-0.39, 0.29) is 12.1 Å². The summed E-state index contributed by atoms with van der Waals surface area (Å²) < 4.78 is 6.49. The number of carbonyl (C=O) groups excluding carboxylic acids is 1. The Hall–Kier alpha value is -1.29. The van der Waals surface area contributed by atoms with Crippen molar-refractivity contribution in [3.05, 3.63) is 23.5 Å². The second-order valence-electron chi connectivity index (χ2n) is 3.97. The number of aliphatic hydroxyl groups is 1. The predicted octanol–water partition coefficient (Wildman–Crippen LogP) is 1.52. The lowest BCUT2D eigenvalue weighted by molar-refractivity contribution is 0.0600. The Morgan fingerprint density at radius 3 is 2.88 bits per heavy atom. The molecule has 0 amide bonds. The topological polar surface area (TPSA) is 51.5 Å². The highest BCUT2D eigenvalue weighted by atomic mass is 16.5. The number of ether oxygens (including phenoxy) is 1. The largest absolute Gasteiger partial charge is 0.465 e. The molecule has 90 valence electrons. The van der Waals surface area contributed by atoms with Crippen molar-refractivity contribution in [2.45, 2.75) is 32.3 Å². The molecular formula is C12H19NO3. The van der Waals surface area contributed by atoms with Crippen LogP contribution in [0, 0.1) is 0 Å². The van der Waals surface area contributed by atoms with Crippen molar-refractivity contribution in [2.24, 2.45) is 7.05 Å². The fourth-order valence-corrected chi connectivity index (χ4v) is 1.72. The van der Waals surface area contributed by atoms with Crippen molar-refractivity contribution < 1.29 is 14.6 Å². The van der Waals surface area contributed by atoms with Crippen molar-refractivity contribution >= 4 is 5.97 Å². The van der Waals surface area contributed by atoms with Gasteiger partial charge in [-0.25, -0.2) is 4.79 Å². The number of hydrogen-bond donors (Lipinski definition) is 1. The fourth-order valence-electron chi connectivity index (χ4n) is 1.72. The molecule has 4 nitrogen and oxygen atoms in total. The van der Waals surface area contributed by atoms with Crippen molar-refractivity contribution in [2.75, 3.05) is 7.11 Å². The van der Waals surface area contributed by atoms with Crippen LogP contribution in [0.1, 0.15) is 35.8 Å². The summed E-state index contributed by atoms with van der Waals surface area (Å²) in [6.07, 6.45) is 3.68. The first-order valence-electron chi connectivity index (χ1n) is 5.50. The summed E-state index contributed by atoms with van der Waals surface area (Å²) in [7, 11) is 3.22. The average molecular weight is 225 g/mol. The Morgan fingerprint density at radius 1 is 1.62 bits per heavy atom. The highest BCUT2D eigenvalue weighted by Gasteiger charge is 2.13. The highest BCUT2D eigenvalue weighted by molar-refractivity contribution is 5.89. The lowest BCUT2D eigenvalue weighted by Crippen LogP contribution is -2.11. The predicted molar refractivity (Wildman–Crippen MR) is 61.4 cm³/mol. The second-order valence-corrected chi connectivity index (χ2v) is 3.97. The third kappa shape index (κ3) is 3.10. The van der Waals surface area contributed by atoms with Crippen LogP contribution >= 0.6 is 0 Å². The molecule has 1 unspecified atom stereocenters. The van der Waals surface area contributed by atoms with Gasteiger partial charge in [-0.3, -0.25) is 0 Å². The van der Waals surface area contributed by atoms with E-state index in [4.69, 9.17) is 0 Å². The van der Waals surface area contributed by atoms with Gasteiger partial charge in [0.1, 0.15) is 0 Å². The Morgan fingerprint density at radius 2 is 2.31 bits per heavy atom. The SMILES string of the molecule is CCCC(O)Cc1cc(C(=O)OC)cn1C. The first-order valence-corrected chi connectivity index (χ1v) is 5.50. The van der Waals surface area contributed by atoms with E-state index in [9.17, 15) is 9.90 Å². The van der Waals surface area contributed by atoms with Gasteiger partial charge in [0.25, 0.3) is 0 Å². The minimum absolute atomic E-state index is 0.341. The molecule has 0 fully saturated rings. The van der Waals surface area contributed by atoms with Gasteiger partial charge in [0.15, 0.2) is 0 Å². The molecule has 1 heterocycles. The monoisotopic (exact) mass is 225 g/mol. The first kappa shape index (κ1) is 12.8. The second kappa shape index (κ2) is 5.70. The van der Waals surface area contributed by atoms with Gasteiger partial charge < -0.3 is 14.4 Å². The van der Waals surface area contributed by atoms with Crippen LogP contribution in [0.15, 0.2) is 12.3 Å². The van der Waals surface area contributed by atoms with Gasteiger partial charge in [-0.15, -0.1) is 0 Å². The summed E-state index contributed by atoms with van der Waals surface area (Å²) in [6, 6.07) is 1.77. The summed E-state index contributed by atoms with van der Waals surface area (Å²) >= 11 is 0. The van der Waals surface area contributed by atoms with Gasteiger partial charge in [-0.2, -0.15) is 0 Å². The zero-order valence-electron chi connectivity index (χ0n) is 10.1. The lowest BCUT2D eigenvalue weighted by atomic mass is 10.1. The maximum absolute atomic E-state index is 11.3. The van der Waals surface area contributed by atoms with Crippen LogP contribution in [0.5, 0.6) is 0 Å². The zero-order valence-corrected chi connectivity index (χ0v) is 10.1. The van der Waals surface area contributed by atoms with Crippen LogP contribution in [0.2, 0.25) is 0 Å². The number of nitrogens with zero attached hydrogens (tertiary/aromatic N) is 1. The van der Waals surface area contributed by atoms with E-state index < -0.39 is 0 Å². The van der Waals surface area contributed by atoms with E-state index >= 15 is 0 Å². The third-order valence-electron chi connectivity index (χ3n) is 2.60. The summed E-state index contributed by atoms with van der Waals surface area (Å²) in [6.45, 7) is 2.04. The van der Waals surface area contributed by atoms with Crippen LogP contribution in [0.4, 0.5) is 0 Å². The Bertz CT molecular complexity index is 357. The van der Waals surface area contributed by atoms with Crippen LogP contribution in [-0.2, 0) is 18.2 Å². The Kier molecular flexibility index (Phi) is 4.55. The van der Waals surface area contributed by atoms with E-state index in [2.05, 4.69) is 4.74 Å². The van der Waals surface area contributed by atoms with Crippen molar-refractivity contribution in [1.82, 2.24) is 4.57 Å². The van der Waals surface area contributed by atoms with Gasteiger partial charge in [0.05, 0.1) is 18.8 Å². The number of carbonyl (C=O) groups is 1. The van der Waals surface area contributed by atoms with Crippen molar-refractivity contribution in [3.8, 4) is 0 Å². The van der Waals surface area contributed by atoms with Crippen LogP contribution in [0.25, 0.3) is 0 Å². The van der Waals surface area contributed by atoms with Gasteiger partial charge in [-0.1, -0.05) is 13.3 Å². The number of aryl methyl sites for hydroxylation is 1. The maximum atomic E-state index is 11.3. The average Bonchev–Trinajstić information content (AvgIpc) is 2.59. The number of rotatable bonds is 5. The highest BCUT2D eigenvalue weighted by Crippen LogP contribution is 2.12. The molecule has 0 aliphatic rings. The summed E-state index contributed by atoms with van der Waals surface area (Å²) in [5, 5.41) is 9.70. The molecular weight excluding hydrogens is 206 g/mol. The first-order chi connectivity index (χ1) is 7.58. The molecule has 0 saturated carbocycles. The molecule has 0 saturated heterocycles. The minimum Gasteiger partial charge on any atom is -0.465 e. The van der Waals surface area contributed by atoms with Gasteiger partial charge >= 0.3 is 5.97 Å². The smallest absolute Gasteiger partial charge is 0.339 e. The molecule has 0 radical (unpaired) electrons. The number of aromatic nitrogens is 1. The maximum Gasteiger partial charge on any atom is 0.339 e. The number of esters is 1. The molecule has 0 aliphatic carbocycles. The quantitative estimate of drug-likeness (QED) is 0.773. The third-order valence-corrected chi connectivity index (χ3v) is 2.60. The van der Waals surface area contributed by atoms with E-state index in [1.54, 1.807) is 12.3 Å². The lowest BCUT2D eigenvalue weighted by Gasteiger charge is -2.09. The minimum atomic E-state index is -0.343. The van der Waals surface area contributed by atoms with Gasteiger partial charge in [0.2, 0.25) is 0 Å². The van der Waals surface area contributed by atoms with Crippen LogP contribution < -0.4 is 0 Å². The summed E-state index contributed by atoms with van der Waals surface area (Å²) in [5.41, 5.74) is 1.48. The van der Waals surface area contributed by atoms with Crippen molar-refractivity contribution in [3.63, 3.8) is 0 Å². The standard InChI is InChI=1S/C12H19NO3/c1-4-5-11(14)7-10-6-9(8-13(10)2)12(15)16-3/h6,8,11,14H,4-5,7H2,1-3H3. The summed E-state index contributed by atoms with van der Waals surface area (Å²) in [4.78, 5) is 11.3. The van der Waals surface area contributed by atoms with Crippen LogP contribution in [-0.4, -0.2) is 28.9 Å². The Balaban J connectivity index is 2.74. The van der Waals surface area contributed by atoms with E-state index in [1.807, 2.05) is 18.5 Å². The fraction of sp³-hybridized carbons (Fsp3) is 0.583. The van der Waals surface area contributed by atoms with Gasteiger partial charge in [-0.05, 0) is 12.5 Å². The molecule has 1 aromatic heterocycles. The number of hydrogen-bond acceptors (Lipinski definition) is 3. The van der Waals surface area contributed by atoms with Crippen LogP contribution in [0.3, 0.4) is 0 Å². The van der Waals surface area contributed by atoms with Crippen molar-refractivity contribution in [1.29, 1.82) is 0 Å². The van der Waals surface area contributed by atoms with E-state index in [0.717, 1.165) is 18.5 Å². The van der Waals surface area contributed by atoms with E-state index in [0.29, 0.717) is 12.0 Å². The summed E-state index contributed by atoms with van der Waals surface area (Å²) in [5.74, 6) is -0.341. The molecule has 16 heavy (non-hydrogen) atoms. The molecule has 0 bridgehead atoms. The number of aliphatic hydroxyl groups excluding tert-OH is 1. The number of methoxy groups -OCH3 is 1. The molecule has 1 aromatic rings. The van der Waals surface area contributed by atoms with E-state index in [1.165, 1.54) is 7.11 Å². The Labute approximate surface area is 95.8 Å². The normalized spacial score (nSPS) is 12.5. The zero-order chi connectivity index (χ0) is 12.1. The molecule has 0 aliphatic heterocycles. The van der Waals surface area contributed by atoms with Gasteiger partial charge in [0, 0.05) is 25.4 Å². The molecule has 1 atom stereocenters. The molecule has 0 spiro atoms. The molecule has 4 heteroatoms.